The van der Waals surface area contributed by atoms with E-state index in [1.807, 2.05) is 24.3 Å². The van der Waals surface area contributed by atoms with Crippen molar-refractivity contribution < 1.29 is 18.8 Å². The number of hydrogen-bond acceptors (Lipinski definition) is 5. The monoisotopic (exact) mass is 461 g/mol. The van der Waals surface area contributed by atoms with Crippen molar-refractivity contribution in [3.63, 3.8) is 0 Å². The minimum Gasteiger partial charge on any atom is -0.369 e. The first-order valence-corrected chi connectivity index (χ1v) is 11.2. The molecule has 3 aliphatic heterocycles. The van der Waals surface area contributed by atoms with Gasteiger partial charge in [0.2, 0.25) is 5.54 Å². The van der Waals surface area contributed by atoms with Gasteiger partial charge in [-0.15, -0.1) is 0 Å². The Morgan fingerprint density at radius 1 is 1.06 bits per heavy atom. The van der Waals surface area contributed by atoms with E-state index in [0.717, 1.165) is 31.9 Å². The second-order valence-corrected chi connectivity index (χ2v) is 8.74. The third kappa shape index (κ3) is 3.86. The second-order valence-electron chi connectivity index (χ2n) is 8.74. The van der Waals surface area contributed by atoms with E-state index in [1.165, 1.54) is 4.90 Å². The smallest absolute Gasteiger partial charge is 0.323 e. The number of piperazine rings is 1. The highest BCUT2D eigenvalue weighted by atomic mass is 19.1. The van der Waals surface area contributed by atoms with Crippen molar-refractivity contribution in [1.82, 2.24) is 20.9 Å². The van der Waals surface area contributed by atoms with Gasteiger partial charge in [-0.2, -0.15) is 0 Å². The maximum atomic E-state index is 14.6. The van der Waals surface area contributed by atoms with Crippen molar-refractivity contribution in [2.24, 2.45) is 0 Å². The van der Waals surface area contributed by atoms with Crippen molar-refractivity contribution in [2.75, 3.05) is 37.6 Å². The van der Waals surface area contributed by atoms with Gasteiger partial charge in [0.25, 0.3) is 11.8 Å². The van der Waals surface area contributed by atoms with Crippen LogP contribution in [0.1, 0.15) is 27.0 Å². The molecule has 0 aromatic heterocycles. The Labute approximate surface area is 196 Å². The van der Waals surface area contributed by atoms with Gasteiger partial charge in [0, 0.05) is 44.0 Å². The average Bonchev–Trinajstić information content (AvgIpc) is 3.31. The molecule has 8 nitrogen and oxygen atoms in total. The molecular weight excluding hydrogens is 437 g/mol. The summed E-state index contributed by atoms with van der Waals surface area (Å²) >= 11 is 0. The molecule has 4 amide bonds. The molecule has 9 heteroatoms. The van der Waals surface area contributed by atoms with E-state index in [2.05, 4.69) is 32.7 Å². The molecule has 2 aromatic rings. The van der Waals surface area contributed by atoms with Crippen LogP contribution >= 0.6 is 0 Å². The standard InChI is InChI=1S/C25H24FN5O3/c1-16-2-5-18-14-31(22(32)20(18)21(16)26)15-25(23(33)28-24(34)29-25)9-8-17-3-6-19(7-4-17)30-12-10-27-11-13-30/h2-7,27H,10-15H2,1H3,(H2,28,29,33,34). The molecule has 2 fully saturated rings. The largest absolute Gasteiger partial charge is 0.369 e. The zero-order valence-corrected chi connectivity index (χ0v) is 18.7. The van der Waals surface area contributed by atoms with Gasteiger partial charge in [-0.3, -0.25) is 14.9 Å². The minimum atomic E-state index is -1.63. The first-order valence-electron chi connectivity index (χ1n) is 11.2. The first kappa shape index (κ1) is 21.9. The fourth-order valence-electron chi connectivity index (χ4n) is 4.52. The number of benzene rings is 2. The number of halogens is 1. The lowest BCUT2D eigenvalue weighted by Crippen LogP contribution is -2.54. The number of aryl methyl sites for hydroxylation is 1. The molecule has 0 radical (unpaired) electrons. The Bertz CT molecular complexity index is 1240. The van der Waals surface area contributed by atoms with Crippen molar-refractivity contribution in [3.8, 4) is 11.8 Å². The number of nitrogens with zero attached hydrogens (tertiary/aromatic N) is 2. The summed E-state index contributed by atoms with van der Waals surface area (Å²) in [6, 6.07) is 10.3. The van der Waals surface area contributed by atoms with Gasteiger partial charge in [-0.05, 0) is 42.3 Å². The number of imide groups is 1. The van der Waals surface area contributed by atoms with Crippen LogP contribution in [0.4, 0.5) is 14.9 Å². The Morgan fingerprint density at radius 3 is 2.47 bits per heavy atom. The van der Waals surface area contributed by atoms with Gasteiger partial charge in [-0.25, -0.2) is 9.18 Å². The minimum absolute atomic E-state index is 0.0105. The molecule has 2 aromatic carbocycles. The number of anilines is 1. The number of hydrogen-bond donors (Lipinski definition) is 3. The van der Waals surface area contributed by atoms with Crippen LogP contribution in [0.15, 0.2) is 36.4 Å². The summed E-state index contributed by atoms with van der Waals surface area (Å²) in [5.74, 6) is 4.14. The third-order valence-corrected chi connectivity index (χ3v) is 6.42. The van der Waals surface area contributed by atoms with Crippen molar-refractivity contribution in [2.45, 2.75) is 19.0 Å². The summed E-state index contributed by atoms with van der Waals surface area (Å²) < 4.78 is 14.6. The Kier molecular flexibility index (Phi) is 5.46. The highest BCUT2D eigenvalue weighted by Crippen LogP contribution is 2.29. The van der Waals surface area contributed by atoms with E-state index in [0.29, 0.717) is 16.7 Å². The van der Waals surface area contributed by atoms with E-state index in [4.69, 9.17) is 0 Å². The second kappa shape index (κ2) is 8.47. The third-order valence-electron chi connectivity index (χ3n) is 6.42. The molecule has 0 saturated carbocycles. The molecule has 0 spiro atoms. The molecule has 2 saturated heterocycles. The van der Waals surface area contributed by atoms with E-state index in [9.17, 15) is 18.8 Å². The van der Waals surface area contributed by atoms with Gasteiger partial charge >= 0.3 is 6.03 Å². The molecule has 0 aliphatic carbocycles. The fourth-order valence-corrected chi connectivity index (χ4v) is 4.52. The highest BCUT2D eigenvalue weighted by molar-refractivity contribution is 6.10. The number of fused-ring (bicyclic) bond motifs is 1. The van der Waals surface area contributed by atoms with Crippen LogP contribution in [0, 0.1) is 24.6 Å². The topological polar surface area (TPSA) is 93.8 Å². The molecule has 0 bridgehead atoms. The molecule has 5 rings (SSSR count). The quantitative estimate of drug-likeness (QED) is 0.471. The zero-order chi connectivity index (χ0) is 23.9. The molecule has 1 atom stereocenters. The molecule has 3 N–H and O–H groups in total. The van der Waals surface area contributed by atoms with Crippen molar-refractivity contribution in [3.05, 3.63) is 64.5 Å². The van der Waals surface area contributed by atoms with Crippen LogP contribution in [-0.4, -0.2) is 61.0 Å². The SMILES string of the molecule is Cc1ccc2c(c1F)C(=O)N(CC1(C#Cc3ccc(N4CCNCC4)cc3)NC(=O)NC1=O)C2. The Balaban J connectivity index is 1.40. The summed E-state index contributed by atoms with van der Waals surface area (Å²) in [5, 5.41) is 8.10. The molecule has 174 valence electrons. The van der Waals surface area contributed by atoms with E-state index < -0.39 is 29.2 Å². The summed E-state index contributed by atoms with van der Waals surface area (Å²) in [6.45, 7) is 5.25. The summed E-state index contributed by atoms with van der Waals surface area (Å²) in [6.07, 6.45) is 0. The number of carbonyl (C=O) groups excluding carboxylic acids is 3. The van der Waals surface area contributed by atoms with E-state index in [1.54, 1.807) is 19.1 Å². The first-order chi connectivity index (χ1) is 16.4. The number of nitrogens with one attached hydrogen (secondary N) is 3. The molecule has 34 heavy (non-hydrogen) atoms. The summed E-state index contributed by atoms with van der Waals surface area (Å²) in [7, 11) is 0. The number of amides is 4. The summed E-state index contributed by atoms with van der Waals surface area (Å²) in [5.41, 5.74) is 1.06. The van der Waals surface area contributed by atoms with Crippen LogP contribution in [0.3, 0.4) is 0 Å². The van der Waals surface area contributed by atoms with Crippen molar-refractivity contribution in [1.29, 1.82) is 0 Å². The lowest BCUT2D eigenvalue weighted by Gasteiger charge is -2.29. The predicted octanol–water partition coefficient (Wildman–Crippen LogP) is 1.13. The highest BCUT2D eigenvalue weighted by Gasteiger charge is 2.48. The van der Waals surface area contributed by atoms with Gasteiger partial charge < -0.3 is 20.4 Å². The summed E-state index contributed by atoms with van der Waals surface area (Å²) in [4.78, 5) is 41.3. The number of rotatable bonds is 3. The van der Waals surface area contributed by atoms with Gasteiger partial charge in [0.1, 0.15) is 5.82 Å². The predicted molar refractivity (Wildman–Crippen MR) is 124 cm³/mol. The molecule has 1 unspecified atom stereocenters. The van der Waals surface area contributed by atoms with E-state index >= 15 is 0 Å². The lowest BCUT2D eigenvalue weighted by molar-refractivity contribution is -0.122. The van der Waals surface area contributed by atoms with Crippen LogP contribution in [-0.2, 0) is 11.3 Å². The zero-order valence-electron chi connectivity index (χ0n) is 18.7. The Hall–Kier alpha value is -3.90. The number of urea groups is 1. The fraction of sp³-hybridized carbons (Fsp3) is 0.320. The van der Waals surface area contributed by atoms with Gasteiger partial charge in [-0.1, -0.05) is 24.0 Å². The Morgan fingerprint density at radius 2 is 1.79 bits per heavy atom. The van der Waals surface area contributed by atoms with Gasteiger partial charge in [0.05, 0.1) is 12.1 Å². The van der Waals surface area contributed by atoms with Crippen LogP contribution in [0.25, 0.3) is 0 Å². The van der Waals surface area contributed by atoms with Gasteiger partial charge in [0.15, 0.2) is 0 Å². The maximum absolute atomic E-state index is 14.6. The lowest BCUT2D eigenvalue weighted by atomic mass is 9.99. The van der Waals surface area contributed by atoms with Crippen LogP contribution in [0.2, 0.25) is 0 Å². The maximum Gasteiger partial charge on any atom is 0.323 e. The normalized spacial score (nSPS) is 21.6. The molecule has 3 aliphatic rings. The molecule has 3 heterocycles. The van der Waals surface area contributed by atoms with Crippen molar-refractivity contribution >= 4 is 23.5 Å². The van der Waals surface area contributed by atoms with E-state index in [-0.39, 0.29) is 18.7 Å². The van der Waals surface area contributed by atoms with Crippen LogP contribution in [0.5, 0.6) is 0 Å². The number of carbonyl (C=O) groups is 3. The van der Waals surface area contributed by atoms with Crippen LogP contribution < -0.4 is 20.9 Å². The average molecular weight is 461 g/mol. The molecular formula is C25H24FN5O3.